The van der Waals surface area contributed by atoms with Crippen molar-refractivity contribution in [2.45, 2.75) is 76.1 Å². The van der Waals surface area contributed by atoms with E-state index in [4.69, 9.17) is 5.73 Å². The van der Waals surface area contributed by atoms with E-state index in [1.165, 1.54) is 17.3 Å². The first-order valence-corrected chi connectivity index (χ1v) is 14.2. The highest BCUT2D eigenvalue weighted by atomic mass is 19.4. The minimum absolute atomic E-state index is 0.0132. The lowest BCUT2D eigenvalue weighted by atomic mass is 9.79. The Morgan fingerprint density at radius 1 is 1.02 bits per heavy atom. The normalized spacial score (nSPS) is 22.1. The number of nitrogens with two attached hydrogens (primary N) is 1. The molecule has 232 valence electrons. The maximum Gasteiger partial charge on any atom is 0.417 e. The Balaban J connectivity index is 1.31. The van der Waals surface area contributed by atoms with Crippen molar-refractivity contribution in [3.8, 4) is 0 Å². The summed E-state index contributed by atoms with van der Waals surface area (Å²) in [5.74, 6) is -1.41. The standard InChI is InChI=1S/C30H28F6N6O2/c31-29(32,33)20-3-1-2-19(13-20)28(9-8-17-4-5-17)26(44)42(27(37)40-28)14-18-6-7-22(30(34,35)36)21(12-18)25(43)41-15-23-24(16-41)39-11-10-38-23/h3,6-7,10-13,17H,1-2,4-5,8-9,14-16H2,(H2,37,40). The van der Waals surface area contributed by atoms with E-state index < -0.39 is 46.4 Å². The van der Waals surface area contributed by atoms with Crippen molar-refractivity contribution in [3.05, 3.63) is 82.0 Å². The van der Waals surface area contributed by atoms with Gasteiger partial charge in [0.15, 0.2) is 11.5 Å². The smallest absolute Gasteiger partial charge is 0.369 e. The first-order chi connectivity index (χ1) is 20.8. The van der Waals surface area contributed by atoms with E-state index in [9.17, 15) is 35.9 Å². The summed E-state index contributed by atoms with van der Waals surface area (Å²) in [4.78, 5) is 42.5. The van der Waals surface area contributed by atoms with Crippen molar-refractivity contribution in [1.29, 1.82) is 0 Å². The molecule has 0 saturated heterocycles. The second-order valence-electron chi connectivity index (χ2n) is 11.6. The minimum Gasteiger partial charge on any atom is -0.369 e. The molecule has 6 rings (SSSR count). The van der Waals surface area contributed by atoms with Gasteiger partial charge in [-0.25, -0.2) is 4.99 Å². The summed E-state index contributed by atoms with van der Waals surface area (Å²) in [6.45, 7) is -0.349. The van der Waals surface area contributed by atoms with E-state index in [2.05, 4.69) is 15.0 Å². The van der Waals surface area contributed by atoms with Crippen LogP contribution in [0.4, 0.5) is 26.3 Å². The highest BCUT2D eigenvalue weighted by Crippen LogP contribution is 2.45. The molecule has 0 radical (unpaired) electrons. The number of hydrogen-bond acceptors (Lipinski definition) is 6. The molecule has 2 aliphatic carbocycles. The fourth-order valence-corrected chi connectivity index (χ4v) is 6.05. The van der Waals surface area contributed by atoms with Crippen molar-refractivity contribution in [3.63, 3.8) is 0 Å². The molecule has 14 heteroatoms. The van der Waals surface area contributed by atoms with Crippen LogP contribution >= 0.6 is 0 Å². The molecule has 1 fully saturated rings. The topological polar surface area (TPSA) is 105 Å². The number of nitrogens with zero attached hydrogens (tertiary/aromatic N) is 5. The molecule has 1 saturated carbocycles. The van der Waals surface area contributed by atoms with Gasteiger partial charge in [-0.2, -0.15) is 26.3 Å². The molecule has 4 aliphatic rings. The van der Waals surface area contributed by atoms with Crippen LogP contribution < -0.4 is 5.73 Å². The number of carbonyl (C=O) groups excluding carboxylic acids is 2. The molecular formula is C30H28F6N6O2. The van der Waals surface area contributed by atoms with Gasteiger partial charge in [-0.05, 0) is 60.9 Å². The molecule has 2 N–H and O–H groups in total. The number of guanidine groups is 1. The predicted molar refractivity (Wildman–Crippen MR) is 145 cm³/mol. The predicted octanol–water partition coefficient (Wildman–Crippen LogP) is 5.45. The van der Waals surface area contributed by atoms with Crippen LogP contribution in [0.15, 0.2) is 58.9 Å². The summed E-state index contributed by atoms with van der Waals surface area (Å²) in [5, 5.41) is 0. The Morgan fingerprint density at radius 3 is 2.32 bits per heavy atom. The lowest BCUT2D eigenvalue weighted by Crippen LogP contribution is -2.45. The summed E-state index contributed by atoms with van der Waals surface area (Å²) < 4.78 is 82.9. The highest BCUT2D eigenvalue weighted by molar-refractivity contribution is 6.08. The van der Waals surface area contributed by atoms with E-state index >= 15 is 0 Å². The number of aliphatic imine (C=N–C) groups is 1. The molecule has 2 amide bonds. The van der Waals surface area contributed by atoms with E-state index in [0.717, 1.165) is 48.1 Å². The third kappa shape index (κ3) is 5.57. The number of aromatic nitrogens is 2. The van der Waals surface area contributed by atoms with Gasteiger partial charge < -0.3 is 10.6 Å². The molecule has 2 aromatic rings. The van der Waals surface area contributed by atoms with E-state index in [-0.39, 0.29) is 56.0 Å². The monoisotopic (exact) mass is 618 g/mol. The minimum atomic E-state index is -4.84. The number of rotatable bonds is 7. The third-order valence-corrected chi connectivity index (χ3v) is 8.55. The van der Waals surface area contributed by atoms with Gasteiger partial charge in [0, 0.05) is 12.4 Å². The molecule has 8 nitrogen and oxygen atoms in total. The van der Waals surface area contributed by atoms with Crippen LogP contribution in [0.5, 0.6) is 0 Å². The SMILES string of the molecule is NC1=NC(CCC2CC2)(C2=CC(C(F)(F)F)=CCC2)C(=O)N1Cc1ccc(C(F)(F)F)c(C(=O)N2Cc3nccnc3C2)c1. The van der Waals surface area contributed by atoms with Crippen molar-refractivity contribution in [2.75, 3.05) is 0 Å². The summed E-state index contributed by atoms with van der Waals surface area (Å²) >= 11 is 0. The van der Waals surface area contributed by atoms with Crippen molar-refractivity contribution < 1.29 is 35.9 Å². The molecule has 1 unspecified atom stereocenters. The van der Waals surface area contributed by atoms with Crippen LogP contribution in [-0.4, -0.2) is 49.3 Å². The van der Waals surface area contributed by atoms with Crippen LogP contribution in [0.3, 0.4) is 0 Å². The average molecular weight is 619 g/mol. The van der Waals surface area contributed by atoms with Gasteiger partial charge in [-0.3, -0.25) is 24.5 Å². The van der Waals surface area contributed by atoms with Gasteiger partial charge in [0.25, 0.3) is 11.8 Å². The van der Waals surface area contributed by atoms with Crippen LogP contribution in [0.25, 0.3) is 0 Å². The number of hydrogen-bond donors (Lipinski definition) is 1. The van der Waals surface area contributed by atoms with E-state index in [1.807, 2.05) is 0 Å². The van der Waals surface area contributed by atoms with Crippen LogP contribution in [0, 0.1) is 5.92 Å². The maximum atomic E-state index is 14.0. The zero-order valence-corrected chi connectivity index (χ0v) is 23.4. The first kappa shape index (κ1) is 29.8. The second-order valence-corrected chi connectivity index (χ2v) is 11.6. The third-order valence-electron chi connectivity index (χ3n) is 8.55. The van der Waals surface area contributed by atoms with Crippen LogP contribution in [0.2, 0.25) is 0 Å². The Morgan fingerprint density at radius 2 is 1.70 bits per heavy atom. The number of benzene rings is 1. The maximum absolute atomic E-state index is 14.0. The molecule has 1 atom stereocenters. The Kier molecular flexibility index (Phi) is 7.28. The van der Waals surface area contributed by atoms with Crippen LogP contribution in [-0.2, 0) is 30.6 Å². The molecular weight excluding hydrogens is 590 g/mol. The van der Waals surface area contributed by atoms with Crippen LogP contribution in [0.1, 0.15) is 71.4 Å². The summed E-state index contributed by atoms with van der Waals surface area (Å²) in [6.07, 6.45) is -1.63. The van der Waals surface area contributed by atoms with E-state index in [0.29, 0.717) is 23.7 Å². The molecule has 3 heterocycles. The Labute approximate surface area is 248 Å². The van der Waals surface area contributed by atoms with Crippen molar-refractivity contribution in [2.24, 2.45) is 16.6 Å². The number of carbonyl (C=O) groups is 2. The van der Waals surface area contributed by atoms with Gasteiger partial charge in [0.05, 0.1) is 47.7 Å². The van der Waals surface area contributed by atoms with Crippen molar-refractivity contribution in [1.82, 2.24) is 19.8 Å². The van der Waals surface area contributed by atoms with Gasteiger partial charge in [0.1, 0.15) is 0 Å². The lowest BCUT2D eigenvalue weighted by Gasteiger charge is -2.31. The fraction of sp³-hybridized carbons (Fsp3) is 0.433. The number of fused-ring (bicyclic) bond motifs is 1. The fourth-order valence-electron chi connectivity index (χ4n) is 6.05. The number of amides is 2. The number of alkyl halides is 6. The lowest BCUT2D eigenvalue weighted by molar-refractivity contribution is -0.138. The molecule has 1 aromatic carbocycles. The largest absolute Gasteiger partial charge is 0.417 e. The summed E-state index contributed by atoms with van der Waals surface area (Å²) in [6, 6.07) is 3.00. The Hall–Kier alpha value is -4.23. The van der Waals surface area contributed by atoms with Gasteiger partial charge in [-0.1, -0.05) is 25.0 Å². The number of halogens is 6. The first-order valence-electron chi connectivity index (χ1n) is 14.2. The summed E-state index contributed by atoms with van der Waals surface area (Å²) in [5.41, 5.74) is 3.32. The highest BCUT2D eigenvalue weighted by Gasteiger charge is 2.51. The van der Waals surface area contributed by atoms with Gasteiger partial charge in [0.2, 0.25) is 0 Å². The molecule has 0 bridgehead atoms. The zero-order valence-electron chi connectivity index (χ0n) is 23.4. The second kappa shape index (κ2) is 10.7. The zero-order chi connectivity index (χ0) is 31.4. The molecule has 0 spiro atoms. The Bertz CT molecular complexity index is 1580. The number of allylic oxidation sites excluding steroid dienone is 3. The quantitative estimate of drug-likeness (QED) is 0.416. The molecule has 44 heavy (non-hydrogen) atoms. The molecule has 2 aliphatic heterocycles. The van der Waals surface area contributed by atoms with Gasteiger partial charge >= 0.3 is 12.4 Å². The average Bonchev–Trinajstić information content (AvgIpc) is 3.66. The molecule has 1 aromatic heterocycles. The van der Waals surface area contributed by atoms with E-state index in [1.54, 1.807) is 0 Å². The summed E-state index contributed by atoms with van der Waals surface area (Å²) in [7, 11) is 0. The van der Waals surface area contributed by atoms with Gasteiger partial charge in [-0.15, -0.1) is 0 Å². The van der Waals surface area contributed by atoms with Crippen molar-refractivity contribution >= 4 is 17.8 Å².